The zero-order chi connectivity index (χ0) is 10.4. The number of rotatable bonds is 5. The highest BCUT2D eigenvalue weighted by Crippen LogP contribution is 1.94. The average Bonchev–Trinajstić information content (AvgIpc) is 2.02. The van der Waals surface area contributed by atoms with Crippen LogP contribution in [-0.2, 0) is 14.4 Å². The van der Waals surface area contributed by atoms with Crippen LogP contribution in [0, 0.1) is 0 Å². The van der Waals surface area contributed by atoms with Gasteiger partial charge >= 0.3 is 5.97 Å². The van der Waals surface area contributed by atoms with Crippen molar-refractivity contribution in [3.05, 3.63) is 0 Å². The Bertz CT molecular complexity index is 229. The van der Waals surface area contributed by atoms with Crippen molar-refractivity contribution in [1.82, 2.24) is 5.32 Å². The molecule has 0 spiro atoms. The number of Topliss-reactive ketones (excluding diaryl/α,β-unsaturated/α-hetero) is 1. The number of amides is 1. The third kappa shape index (κ3) is 5.24. The maximum atomic E-state index is 10.8. The lowest BCUT2D eigenvalue weighted by atomic mass is 10.1. The van der Waals surface area contributed by atoms with Crippen molar-refractivity contribution in [2.24, 2.45) is 0 Å². The van der Waals surface area contributed by atoms with Gasteiger partial charge in [-0.1, -0.05) is 0 Å². The number of carboxylic acid groups (broad SMARTS) is 1. The van der Waals surface area contributed by atoms with Gasteiger partial charge in [0.25, 0.3) is 0 Å². The van der Waals surface area contributed by atoms with Gasteiger partial charge in [-0.3, -0.25) is 14.4 Å². The zero-order valence-corrected chi connectivity index (χ0v) is 8.01. The van der Waals surface area contributed by atoms with Crippen molar-refractivity contribution >= 4 is 30.3 Å². The summed E-state index contributed by atoms with van der Waals surface area (Å²) in [5.74, 6) is -2.02. The highest BCUT2D eigenvalue weighted by Gasteiger charge is 2.19. The minimum absolute atomic E-state index is 0.0661. The Morgan fingerprint density at radius 2 is 2.00 bits per heavy atom. The molecule has 0 saturated heterocycles. The molecule has 0 fully saturated rings. The molecule has 2 N–H and O–H groups in total. The second-order valence-corrected chi connectivity index (χ2v) is 2.80. The molecule has 0 saturated carbocycles. The van der Waals surface area contributed by atoms with Crippen LogP contribution < -0.4 is 5.32 Å². The van der Waals surface area contributed by atoms with Crippen LogP contribution >= 0.6 is 12.6 Å². The summed E-state index contributed by atoms with van der Waals surface area (Å²) < 4.78 is 0. The number of aliphatic carboxylic acids is 1. The van der Waals surface area contributed by atoms with Crippen LogP contribution in [0.1, 0.15) is 13.3 Å². The zero-order valence-electron chi connectivity index (χ0n) is 7.11. The minimum Gasteiger partial charge on any atom is -0.481 e. The molecule has 1 atom stereocenters. The van der Waals surface area contributed by atoms with E-state index in [0.717, 1.165) is 0 Å². The lowest BCUT2D eigenvalue weighted by Crippen LogP contribution is -2.41. The van der Waals surface area contributed by atoms with Crippen LogP contribution in [0.25, 0.3) is 0 Å². The first-order valence-electron chi connectivity index (χ1n) is 3.59. The first-order chi connectivity index (χ1) is 5.97. The molecule has 0 aliphatic carbocycles. The van der Waals surface area contributed by atoms with Crippen LogP contribution in [0.3, 0.4) is 0 Å². The van der Waals surface area contributed by atoms with Crippen molar-refractivity contribution in [3.63, 3.8) is 0 Å². The van der Waals surface area contributed by atoms with Gasteiger partial charge in [0.05, 0.1) is 18.2 Å². The second-order valence-electron chi connectivity index (χ2n) is 2.49. The van der Waals surface area contributed by atoms with Gasteiger partial charge < -0.3 is 10.4 Å². The Balaban J connectivity index is 4.18. The Kier molecular flexibility index (Phi) is 5.13. The summed E-state index contributed by atoms with van der Waals surface area (Å²) in [6.07, 6.45) is -0.394. The van der Waals surface area contributed by atoms with Crippen LogP contribution in [-0.4, -0.2) is 34.6 Å². The van der Waals surface area contributed by atoms with Crippen LogP contribution in [0.4, 0.5) is 0 Å². The van der Waals surface area contributed by atoms with Crippen LogP contribution in [0.5, 0.6) is 0 Å². The maximum Gasteiger partial charge on any atom is 0.305 e. The molecular weight excluding hydrogens is 194 g/mol. The summed E-state index contributed by atoms with van der Waals surface area (Å²) in [6.45, 7) is 1.23. The standard InChI is InChI=1S/C7H11NO4S/c1-4(9)5(2-7(11)12)8-6(10)3-13/h5,13H,2-3H2,1H3,(H,8,10)(H,11,12)/t5-/m0/s1. The maximum absolute atomic E-state index is 10.8. The van der Waals surface area contributed by atoms with E-state index in [2.05, 4.69) is 17.9 Å². The SMILES string of the molecule is CC(=O)[C@H](CC(=O)O)NC(=O)CS. The van der Waals surface area contributed by atoms with Crippen LogP contribution in [0.2, 0.25) is 0 Å². The van der Waals surface area contributed by atoms with Gasteiger partial charge in [0.15, 0.2) is 5.78 Å². The molecule has 74 valence electrons. The molecule has 0 rings (SSSR count). The fourth-order valence-electron chi connectivity index (χ4n) is 0.711. The number of carbonyl (C=O) groups excluding carboxylic acids is 2. The van der Waals surface area contributed by atoms with Gasteiger partial charge in [-0.15, -0.1) is 0 Å². The van der Waals surface area contributed by atoms with Crippen molar-refractivity contribution in [1.29, 1.82) is 0 Å². The molecule has 0 aromatic rings. The molecule has 1 amide bonds. The van der Waals surface area contributed by atoms with E-state index in [1.54, 1.807) is 0 Å². The number of ketones is 1. The third-order valence-electron chi connectivity index (χ3n) is 1.35. The first-order valence-corrected chi connectivity index (χ1v) is 4.23. The lowest BCUT2D eigenvalue weighted by molar-refractivity contribution is -0.139. The fraction of sp³-hybridized carbons (Fsp3) is 0.571. The highest BCUT2D eigenvalue weighted by atomic mass is 32.1. The summed E-state index contributed by atoms with van der Waals surface area (Å²) in [5, 5.41) is 10.6. The molecule has 0 aromatic heterocycles. The molecule has 0 bridgehead atoms. The number of carbonyl (C=O) groups is 3. The minimum atomic E-state index is -1.13. The summed E-state index contributed by atoms with van der Waals surface area (Å²) in [6, 6.07) is -0.947. The fourth-order valence-corrected chi connectivity index (χ4v) is 0.802. The Labute approximate surface area is 80.9 Å². The predicted molar refractivity (Wildman–Crippen MR) is 48.7 cm³/mol. The van der Waals surface area contributed by atoms with E-state index in [1.165, 1.54) is 6.92 Å². The van der Waals surface area contributed by atoms with Crippen LogP contribution in [0.15, 0.2) is 0 Å². The van der Waals surface area contributed by atoms with Gasteiger partial charge in [-0.25, -0.2) is 0 Å². The van der Waals surface area contributed by atoms with E-state index < -0.39 is 24.3 Å². The molecule has 5 nitrogen and oxygen atoms in total. The molecule has 0 aliphatic heterocycles. The van der Waals surface area contributed by atoms with Gasteiger partial charge in [0, 0.05) is 0 Å². The number of thiol groups is 1. The van der Waals surface area contributed by atoms with E-state index in [-0.39, 0.29) is 11.5 Å². The van der Waals surface area contributed by atoms with Gasteiger partial charge in [-0.2, -0.15) is 12.6 Å². The van der Waals surface area contributed by atoms with E-state index in [4.69, 9.17) is 5.11 Å². The van der Waals surface area contributed by atoms with Gasteiger partial charge in [0.1, 0.15) is 0 Å². The number of hydrogen-bond donors (Lipinski definition) is 3. The van der Waals surface area contributed by atoms with Gasteiger partial charge in [0.2, 0.25) is 5.91 Å². The van der Waals surface area contributed by atoms with Crippen molar-refractivity contribution in [2.75, 3.05) is 5.75 Å². The van der Waals surface area contributed by atoms with E-state index in [0.29, 0.717) is 0 Å². The normalized spacial score (nSPS) is 11.8. The Hall–Kier alpha value is -1.04. The molecule has 0 radical (unpaired) electrons. The van der Waals surface area contributed by atoms with Crippen molar-refractivity contribution in [3.8, 4) is 0 Å². The highest BCUT2D eigenvalue weighted by molar-refractivity contribution is 7.81. The smallest absolute Gasteiger partial charge is 0.305 e. The van der Waals surface area contributed by atoms with Gasteiger partial charge in [-0.05, 0) is 6.92 Å². The Morgan fingerprint density at radius 1 is 1.46 bits per heavy atom. The monoisotopic (exact) mass is 205 g/mol. The lowest BCUT2D eigenvalue weighted by Gasteiger charge is -2.12. The molecule has 0 aliphatic rings. The first kappa shape index (κ1) is 12.0. The van der Waals surface area contributed by atoms with Crippen molar-refractivity contribution in [2.45, 2.75) is 19.4 Å². The van der Waals surface area contributed by atoms with E-state index in [1.807, 2.05) is 0 Å². The Morgan fingerprint density at radius 3 is 2.31 bits per heavy atom. The van der Waals surface area contributed by atoms with E-state index in [9.17, 15) is 14.4 Å². The molecule has 13 heavy (non-hydrogen) atoms. The predicted octanol–water partition coefficient (Wildman–Crippen LogP) is -0.535. The molecule has 6 heteroatoms. The molecule has 0 aromatic carbocycles. The number of nitrogens with one attached hydrogen (secondary N) is 1. The van der Waals surface area contributed by atoms with E-state index >= 15 is 0 Å². The molecule has 0 heterocycles. The second kappa shape index (κ2) is 5.58. The molecule has 0 unspecified atom stereocenters. The topological polar surface area (TPSA) is 83.5 Å². The summed E-state index contributed by atoms with van der Waals surface area (Å²) in [4.78, 5) is 31.9. The quantitative estimate of drug-likeness (QED) is 0.527. The summed E-state index contributed by atoms with van der Waals surface area (Å²) >= 11 is 3.68. The summed E-state index contributed by atoms with van der Waals surface area (Å²) in [7, 11) is 0. The largest absolute Gasteiger partial charge is 0.481 e. The number of hydrogen-bond acceptors (Lipinski definition) is 4. The number of carboxylic acids is 1. The summed E-state index contributed by atoms with van der Waals surface area (Å²) in [5.41, 5.74) is 0. The average molecular weight is 205 g/mol. The van der Waals surface area contributed by atoms with Crippen molar-refractivity contribution < 1.29 is 19.5 Å². The molecular formula is C7H11NO4S. The third-order valence-corrected chi connectivity index (χ3v) is 1.64.